The first-order valence-electron chi connectivity index (χ1n) is 8.25. The van der Waals surface area contributed by atoms with E-state index in [0.29, 0.717) is 6.42 Å². The molecule has 6 nitrogen and oxygen atoms in total. The van der Waals surface area contributed by atoms with E-state index in [1.165, 1.54) is 7.11 Å². The maximum Gasteiger partial charge on any atom is 0.347 e. The Labute approximate surface area is 143 Å². The van der Waals surface area contributed by atoms with Gasteiger partial charge < -0.3 is 13.8 Å². The number of rotatable bonds is 7. The highest BCUT2D eigenvalue weighted by molar-refractivity contribution is 7.54. The molecule has 0 unspecified atom stereocenters. The first-order chi connectivity index (χ1) is 11.5. The van der Waals surface area contributed by atoms with Crippen molar-refractivity contribution < 1.29 is 23.1 Å². The molecule has 1 N–H and O–H groups in total. The summed E-state index contributed by atoms with van der Waals surface area (Å²) in [6.45, 7) is 6.11. The molecular formula is C17H26NO5P. The minimum absolute atomic E-state index is 0.280. The Kier molecular flexibility index (Phi) is 6.58. The molecule has 1 aliphatic rings. The zero-order valence-electron chi connectivity index (χ0n) is 14.7. The molecule has 2 rings (SSSR count). The molecule has 0 saturated carbocycles. The van der Waals surface area contributed by atoms with Gasteiger partial charge in [-0.1, -0.05) is 24.3 Å². The van der Waals surface area contributed by atoms with Gasteiger partial charge in [-0.3, -0.25) is 14.7 Å². The molecular weight excluding hydrogens is 329 g/mol. The van der Waals surface area contributed by atoms with Gasteiger partial charge in [0, 0.05) is 6.04 Å². The Morgan fingerprint density at radius 1 is 1.25 bits per heavy atom. The summed E-state index contributed by atoms with van der Waals surface area (Å²) in [6, 6.07) is 7.55. The molecule has 1 aromatic rings. The Morgan fingerprint density at radius 2 is 1.88 bits per heavy atom. The minimum atomic E-state index is -3.35. The molecule has 0 aliphatic carbocycles. The van der Waals surface area contributed by atoms with Crippen molar-refractivity contribution in [3.05, 3.63) is 35.4 Å². The molecule has 1 aliphatic heterocycles. The van der Waals surface area contributed by atoms with E-state index in [1.807, 2.05) is 31.2 Å². The molecule has 0 spiro atoms. The monoisotopic (exact) mass is 355 g/mol. The summed E-state index contributed by atoms with van der Waals surface area (Å²) in [5, 5.41) is 3.31. The fraction of sp³-hybridized carbons (Fsp3) is 0.588. The van der Waals surface area contributed by atoms with E-state index < -0.39 is 19.3 Å². The van der Waals surface area contributed by atoms with Crippen LogP contribution in [0, 0.1) is 12.8 Å². The highest BCUT2D eigenvalue weighted by atomic mass is 31.2. The molecule has 0 bridgehead atoms. The van der Waals surface area contributed by atoms with Crippen LogP contribution >= 0.6 is 7.60 Å². The number of nitrogens with one attached hydrogen (secondary N) is 1. The SMILES string of the molecule is CCOP(=O)(OCC)[C@@H]1C[C@H](C(=O)OC)[C@H](c2ccccc2C)N1. The van der Waals surface area contributed by atoms with Crippen LogP contribution in [0.1, 0.15) is 37.4 Å². The number of carbonyl (C=O) groups excluding carboxylic acids is 1. The van der Waals surface area contributed by atoms with Crippen molar-refractivity contribution in [2.45, 2.75) is 39.0 Å². The smallest absolute Gasteiger partial charge is 0.347 e. The van der Waals surface area contributed by atoms with Crippen LogP contribution in [0.2, 0.25) is 0 Å². The summed E-state index contributed by atoms with van der Waals surface area (Å²) < 4.78 is 28.9. The highest BCUT2D eigenvalue weighted by Gasteiger charge is 2.49. The number of hydrogen-bond acceptors (Lipinski definition) is 6. The molecule has 0 radical (unpaired) electrons. The van der Waals surface area contributed by atoms with Gasteiger partial charge in [0.25, 0.3) is 0 Å². The lowest BCUT2D eigenvalue weighted by atomic mass is 9.91. The van der Waals surface area contributed by atoms with E-state index in [2.05, 4.69) is 5.32 Å². The molecule has 24 heavy (non-hydrogen) atoms. The first kappa shape index (κ1) is 19.1. The molecule has 0 amide bonds. The predicted octanol–water partition coefficient (Wildman–Crippen LogP) is 3.41. The second kappa shape index (κ2) is 8.26. The second-order valence-corrected chi connectivity index (χ2v) is 7.98. The first-order valence-corrected chi connectivity index (χ1v) is 9.86. The van der Waals surface area contributed by atoms with Crippen LogP contribution in [-0.2, 0) is 23.1 Å². The summed E-state index contributed by atoms with van der Waals surface area (Å²) in [7, 11) is -1.98. The average molecular weight is 355 g/mol. The number of ether oxygens (including phenoxy) is 1. The number of methoxy groups -OCH3 is 1. The van der Waals surface area contributed by atoms with Crippen LogP contribution in [0.4, 0.5) is 0 Å². The van der Waals surface area contributed by atoms with Gasteiger partial charge in [-0.15, -0.1) is 0 Å². The van der Waals surface area contributed by atoms with Crippen molar-refractivity contribution in [3.63, 3.8) is 0 Å². The van der Waals surface area contributed by atoms with Gasteiger partial charge in [0.05, 0.1) is 26.2 Å². The molecule has 1 heterocycles. The van der Waals surface area contributed by atoms with Crippen molar-refractivity contribution in [1.82, 2.24) is 5.32 Å². The fourth-order valence-electron chi connectivity index (χ4n) is 3.19. The Bertz CT molecular complexity index is 611. The van der Waals surface area contributed by atoms with Gasteiger partial charge in [-0.05, 0) is 38.3 Å². The maximum absolute atomic E-state index is 13.1. The summed E-state index contributed by atoms with van der Waals surface area (Å²) in [6.07, 6.45) is 0.350. The van der Waals surface area contributed by atoms with Crippen LogP contribution < -0.4 is 5.32 Å². The average Bonchev–Trinajstić information content (AvgIpc) is 3.01. The van der Waals surface area contributed by atoms with Crippen LogP contribution in [0.25, 0.3) is 0 Å². The van der Waals surface area contributed by atoms with Crippen molar-refractivity contribution in [1.29, 1.82) is 0 Å². The van der Waals surface area contributed by atoms with E-state index in [4.69, 9.17) is 13.8 Å². The Balaban J connectivity index is 2.35. The minimum Gasteiger partial charge on any atom is -0.469 e. The van der Waals surface area contributed by atoms with E-state index in [-0.39, 0.29) is 25.2 Å². The Hall–Kier alpha value is -1.20. The number of hydrogen-bond donors (Lipinski definition) is 1. The summed E-state index contributed by atoms with van der Waals surface area (Å²) in [5.41, 5.74) is 2.06. The highest BCUT2D eigenvalue weighted by Crippen LogP contribution is 2.57. The van der Waals surface area contributed by atoms with Crippen LogP contribution in [-0.4, -0.2) is 32.1 Å². The van der Waals surface area contributed by atoms with Gasteiger partial charge in [0.1, 0.15) is 5.78 Å². The zero-order valence-corrected chi connectivity index (χ0v) is 15.5. The lowest BCUT2D eigenvalue weighted by molar-refractivity contribution is -0.145. The maximum atomic E-state index is 13.1. The largest absolute Gasteiger partial charge is 0.469 e. The third-order valence-electron chi connectivity index (χ3n) is 4.28. The number of esters is 1. The van der Waals surface area contributed by atoms with Crippen LogP contribution in [0.5, 0.6) is 0 Å². The van der Waals surface area contributed by atoms with E-state index >= 15 is 0 Å². The van der Waals surface area contributed by atoms with Gasteiger partial charge in [-0.2, -0.15) is 0 Å². The quantitative estimate of drug-likeness (QED) is 0.597. The molecule has 7 heteroatoms. The van der Waals surface area contributed by atoms with E-state index in [9.17, 15) is 9.36 Å². The van der Waals surface area contributed by atoms with Crippen molar-refractivity contribution in [2.24, 2.45) is 5.92 Å². The summed E-state index contributed by atoms with van der Waals surface area (Å²) >= 11 is 0. The molecule has 1 fully saturated rings. The molecule has 3 atom stereocenters. The van der Waals surface area contributed by atoms with Crippen molar-refractivity contribution in [2.75, 3.05) is 20.3 Å². The van der Waals surface area contributed by atoms with Gasteiger partial charge >= 0.3 is 13.6 Å². The number of aryl methyl sites for hydroxylation is 1. The third kappa shape index (κ3) is 3.89. The molecule has 1 saturated heterocycles. The standard InChI is InChI=1S/C17H26NO5P/c1-5-22-24(20,23-6-2)15-11-14(17(19)21-4)16(18-15)13-10-8-7-9-12(13)3/h7-10,14-16,18H,5-6,11H2,1-4H3/t14-,15+,16-/m0/s1. The van der Waals surface area contributed by atoms with Gasteiger partial charge in [-0.25, -0.2) is 0 Å². The zero-order chi connectivity index (χ0) is 17.7. The van der Waals surface area contributed by atoms with Crippen LogP contribution in [0.3, 0.4) is 0 Å². The topological polar surface area (TPSA) is 73.9 Å². The predicted molar refractivity (Wildman–Crippen MR) is 91.8 cm³/mol. The normalized spacial score (nSPS) is 24.1. The van der Waals surface area contributed by atoms with E-state index in [1.54, 1.807) is 13.8 Å². The molecule has 0 aromatic heterocycles. The van der Waals surface area contributed by atoms with Crippen LogP contribution in [0.15, 0.2) is 24.3 Å². The third-order valence-corrected chi connectivity index (χ3v) is 6.64. The van der Waals surface area contributed by atoms with Crippen molar-refractivity contribution >= 4 is 13.6 Å². The van der Waals surface area contributed by atoms with E-state index in [0.717, 1.165) is 11.1 Å². The number of benzene rings is 1. The summed E-state index contributed by atoms with van der Waals surface area (Å²) in [5.74, 6) is -1.29. The number of carbonyl (C=O) groups is 1. The molecule has 1 aromatic carbocycles. The van der Waals surface area contributed by atoms with Crippen molar-refractivity contribution in [3.8, 4) is 0 Å². The van der Waals surface area contributed by atoms with Gasteiger partial charge in [0.2, 0.25) is 0 Å². The van der Waals surface area contributed by atoms with Gasteiger partial charge in [0.15, 0.2) is 0 Å². The lowest BCUT2D eigenvalue weighted by Crippen LogP contribution is -2.28. The fourth-order valence-corrected chi connectivity index (χ4v) is 5.17. The lowest BCUT2D eigenvalue weighted by Gasteiger charge is -2.24. The second-order valence-electron chi connectivity index (χ2n) is 5.76. The summed E-state index contributed by atoms with van der Waals surface area (Å²) in [4.78, 5) is 12.3. The molecule has 134 valence electrons. The Morgan fingerprint density at radius 3 is 2.42 bits per heavy atom.